The van der Waals surface area contributed by atoms with Gasteiger partial charge < -0.3 is 29.6 Å². The summed E-state index contributed by atoms with van der Waals surface area (Å²) in [4.78, 5) is 25.7. The molecule has 0 aliphatic rings. The van der Waals surface area contributed by atoms with Gasteiger partial charge in [-0.15, -0.1) is 0 Å². The van der Waals surface area contributed by atoms with E-state index in [0.29, 0.717) is 28.1 Å². The van der Waals surface area contributed by atoms with E-state index in [9.17, 15) is 26.4 Å². The van der Waals surface area contributed by atoms with Crippen LogP contribution < -0.4 is 29.6 Å². The molecule has 4 amide bonds. The fraction of sp³-hybridized carbons (Fsp3) is 0.0857. The molecular formula is C35H32N4O8S2. The average molecular weight is 701 g/mol. The lowest BCUT2D eigenvalue weighted by molar-refractivity contribution is 0.261. The molecule has 0 aliphatic carbocycles. The van der Waals surface area contributed by atoms with Crippen molar-refractivity contribution in [3.63, 3.8) is 0 Å². The smallest absolute Gasteiger partial charge is 0.323 e. The Morgan fingerprint density at radius 2 is 0.898 bits per heavy atom. The van der Waals surface area contributed by atoms with E-state index >= 15 is 0 Å². The first-order valence-electron chi connectivity index (χ1n) is 14.8. The second kappa shape index (κ2) is 15.4. The monoisotopic (exact) mass is 700 g/mol. The number of amides is 4. The highest BCUT2D eigenvalue weighted by Crippen LogP contribution is 2.26. The van der Waals surface area contributed by atoms with Gasteiger partial charge in [-0.1, -0.05) is 78.9 Å². The van der Waals surface area contributed by atoms with Crippen molar-refractivity contribution in [2.45, 2.75) is 18.4 Å². The van der Waals surface area contributed by atoms with Gasteiger partial charge in [0, 0.05) is 34.9 Å². The molecule has 5 rings (SSSR count). The molecule has 4 N–H and O–H groups in total. The van der Waals surface area contributed by atoms with Crippen LogP contribution in [-0.4, -0.2) is 28.9 Å². The summed E-state index contributed by atoms with van der Waals surface area (Å²) in [6.07, 6.45) is 0. The third-order valence-electron chi connectivity index (χ3n) is 6.83. The maximum Gasteiger partial charge on any atom is 0.323 e. The van der Waals surface area contributed by atoms with Crippen LogP contribution in [0.3, 0.4) is 0 Å². The van der Waals surface area contributed by atoms with Crippen LogP contribution in [-0.2, 0) is 31.7 Å². The van der Waals surface area contributed by atoms with Crippen LogP contribution in [0.4, 0.5) is 32.3 Å². The lowest BCUT2D eigenvalue weighted by atomic mass is 10.1. The van der Waals surface area contributed by atoms with Crippen molar-refractivity contribution < 1.29 is 34.8 Å². The molecule has 5 aromatic carbocycles. The SMILES string of the molecule is Cc1c(NC(=O)Nc2cccc(OS(=O)(=O)Cc3ccccc3)c2)cccc1NC(=O)Nc1cccc(OS(=O)(=O)Cc2ccccc2)c1. The molecule has 0 spiro atoms. The van der Waals surface area contributed by atoms with Crippen molar-refractivity contribution in [3.8, 4) is 11.5 Å². The first-order valence-corrected chi connectivity index (χ1v) is 18.0. The summed E-state index contributed by atoms with van der Waals surface area (Å²) in [5.41, 5.74) is 3.06. The lowest BCUT2D eigenvalue weighted by Crippen LogP contribution is -2.22. The van der Waals surface area contributed by atoms with Crippen molar-refractivity contribution in [1.29, 1.82) is 0 Å². The van der Waals surface area contributed by atoms with Crippen LogP contribution in [0.25, 0.3) is 0 Å². The molecule has 0 unspecified atom stereocenters. The van der Waals surface area contributed by atoms with E-state index in [4.69, 9.17) is 8.37 Å². The van der Waals surface area contributed by atoms with E-state index in [0.717, 1.165) is 0 Å². The topological polar surface area (TPSA) is 169 Å². The van der Waals surface area contributed by atoms with E-state index < -0.39 is 32.3 Å². The number of rotatable bonds is 12. The molecular weight excluding hydrogens is 669 g/mol. The summed E-state index contributed by atoms with van der Waals surface area (Å²) in [7, 11) is -7.88. The second-order valence-corrected chi connectivity index (χ2v) is 13.9. The standard InChI is InChI=1S/C35H32N4O8S2/c1-25-32(38-34(40)36-28-15-8-17-30(21-28)46-48(42,43)23-26-11-4-2-5-12-26)19-10-20-33(25)39-35(41)37-29-16-9-18-31(22-29)47-49(44,45)24-27-13-6-3-7-14-27/h2-22H,23-24H2,1H3,(H2,36,38,40)(H2,37,39,41). The van der Waals surface area contributed by atoms with Gasteiger partial charge in [0.25, 0.3) is 0 Å². The summed E-state index contributed by atoms with van der Waals surface area (Å²) in [5.74, 6) is -0.553. The van der Waals surface area contributed by atoms with Crippen molar-refractivity contribution >= 4 is 55.0 Å². The number of nitrogens with one attached hydrogen (secondary N) is 4. The van der Waals surface area contributed by atoms with Crippen LogP contribution in [0, 0.1) is 6.92 Å². The van der Waals surface area contributed by atoms with Crippen LogP contribution in [0.5, 0.6) is 11.5 Å². The Labute approximate surface area is 284 Å². The fourth-order valence-corrected chi connectivity index (χ4v) is 6.75. The Balaban J connectivity index is 1.16. The molecule has 5 aromatic rings. The van der Waals surface area contributed by atoms with E-state index in [2.05, 4.69) is 21.3 Å². The third kappa shape index (κ3) is 10.6. The highest BCUT2D eigenvalue weighted by atomic mass is 32.2. The van der Waals surface area contributed by atoms with E-state index in [1.165, 1.54) is 24.3 Å². The van der Waals surface area contributed by atoms with E-state index in [1.807, 2.05) is 0 Å². The molecule has 0 heterocycles. The first-order chi connectivity index (χ1) is 23.4. The molecule has 0 aromatic heterocycles. The molecule has 0 atom stereocenters. The molecule has 14 heteroatoms. The number of carbonyl (C=O) groups excluding carboxylic acids is 2. The summed E-state index contributed by atoms with van der Waals surface area (Å²) >= 11 is 0. The average Bonchev–Trinajstić information content (AvgIpc) is 3.03. The van der Waals surface area contributed by atoms with Gasteiger partial charge >= 0.3 is 32.3 Å². The minimum atomic E-state index is -3.94. The number of hydrogen-bond acceptors (Lipinski definition) is 8. The Bertz CT molecular complexity index is 2010. The Hall–Kier alpha value is -5.86. The molecule has 0 aliphatic heterocycles. The Morgan fingerprint density at radius 1 is 0.510 bits per heavy atom. The molecule has 0 radical (unpaired) electrons. The number of benzene rings is 5. The second-order valence-electron chi connectivity index (χ2n) is 10.7. The molecule has 49 heavy (non-hydrogen) atoms. The van der Waals surface area contributed by atoms with Crippen molar-refractivity contribution in [3.05, 3.63) is 144 Å². The van der Waals surface area contributed by atoms with Gasteiger partial charge in [-0.3, -0.25) is 0 Å². The maximum absolute atomic E-state index is 12.8. The predicted molar refractivity (Wildman–Crippen MR) is 189 cm³/mol. The van der Waals surface area contributed by atoms with Gasteiger partial charge in [-0.05, 0) is 60.0 Å². The molecule has 0 bridgehead atoms. The molecule has 0 saturated carbocycles. The molecule has 0 saturated heterocycles. The van der Waals surface area contributed by atoms with E-state index in [-0.39, 0.29) is 34.4 Å². The lowest BCUT2D eigenvalue weighted by Gasteiger charge is -2.15. The van der Waals surface area contributed by atoms with Crippen molar-refractivity contribution in [2.75, 3.05) is 21.3 Å². The quantitative estimate of drug-likeness (QED) is 0.1000. The zero-order valence-electron chi connectivity index (χ0n) is 26.1. The maximum atomic E-state index is 12.8. The largest absolute Gasteiger partial charge is 0.382 e. The van der Waals surface area contributed by atoms with Gasteiger partial charge in [0.15, 0.2) is 0 Å². The summed E-state index contributed by atoms with van der Waals surface area (Å²) in [6, 6.07) is 32.9. The minimum absolute atomic E-state index is 0.0352. The molecule has 252 valence electrons. The molecule has 12 nitrogen and oxygen atoms in total. The Kier molecular flexibility index (Phi) is 10.8. The highest BCUT2D eigenvalue weighted by molar-refractivity contribution is 7.86. The van der Waals surface area contributed by atoms with E-state index in [1.54, 1.807) is 110 Å². The van der Waals surface area contributed by atoms with Crippen LogP contribution in [0.2, 0.25) is 0 Å². The number of carbonyl (C=O) groups is 2. The third-order valence-corrected chi connectivity index (χ3v) is 9.10. The Morgan fingerprint density at radius 3 is 1.31 bits per heavy atom. The van der Waals surface area contributed by atoms with Crippen molar-refractivity contribution in [2.24, 2.45) is 0 Å². The zero-order valence-corrected chi connectivity index (χ0v) is 27.8. The van der Waals surface area contributed by atoms with Gasteiger partial charge in [-0.2, -0.15) is 16.8 Å². The normalized spacial score (nSPS) is 11.2. The number of anilines is 4. The van der Waals surface area contributed by atoms with Gasteiger partial charge in [0.2, 0.25) is 0 Å². The van der Waals surface area contributed by atoms with Crippen LogP contribution in [0.1, 0.15) is 16.7 Å². The molecule has 0 fully saturated rings. The van der Waals surface area contributed by atoms with Gasteiger partial charge in [0.05, 0.1) is 0 Å². The zero-order chi connectivity index (χ0) is 34.9. The van der Waals surface area contributed by atoms with Crippen LogP contribution >= 0.6 is 0 Å². The summed E-state index contributed by atoms with van der Waals surface area (Å²) in [5, 5.41) is 10.7. The fourth-order valence-electron chi connectivity index (χ4n) is 4.64. The highest BCUT2D eigenvalue weighted by Gasteiger charge is 2.17. The van der Waals surface area contributed by atoms with Crippen molar-refractivity contribution in [1.82, 2.24) is 0 Å². The van der Waals surface area contributed by atoms with Crippen LogP contribution in [0.15, 0.2) is 127 Å². The number of hydrogen-bond donors (Lipinski definition) is 4. The summed E-state index contributed by atoms with van der Waals surface area (Å²) in [6.45, 7) is 1.70. The van der Waals surface area contributed by atoms with Gasteiger partial charge in [-0.25, -0.2) is 9.59 Å². The predicted octanol–water partition coefficient (Wildman–Crippen LogP) is 7.10. The summed E-state index contributed by atoms with van der Waals surface area (Å²) < 4.78 is 60.6. The minimum Gasteiger partial charge on any atom is -0.382 e. The first kappa shape index (κ1) is 34.5. The number of urea groups is 2. The van der Waals surface area contributed by atoms with Gasteiger partial charge in [0.1, 0.15) is 23.0 Å².